The average molecular weight is 320 g/mol. The third kappa shape index (κ3) is 3.69. The number of anilines is 1. The summed E-state index contributed by atoms with van der Waals surface area (Å²) in [7, 11) is 1.48. The Hall–Kier alpha value is -2.25. The standard InChI is InChI=1S/C15H16N2O4S/c1-3-10-7-13(14(21-2)16-9-10)17-22(20)12-6-4-5-11(8-12)15(18)19/h4-9,17H,3H2,1-2H3,(H,18,19). The molecule has 0 bridgehead atoms. The Kier molecular flexibility index (Phi) is 5.24. The smallest absolute Gasteiger partial charge is 0.335 e. The Labute approximate surface area is 131 Å². The number of aromatic nitrogens is 1. The van der Waals surface area contributed by atoms with E-state index in [1.165, 1.54) is 19.2 Å². The van der Waals surface area contributed by atoms with Gasteiger partial charge < -0.3 is 14.4 Å². The number of carbonyl (C=O) groups is 1. The molecule has 0 aliphatic carbocycles. The van der Waals surface area contributed by atoms with Crippen LogP contribution >= 0.6 is 0 Å². The van der Waals surface area contributed by atoms with E-state index in [0.29, 0.717) is 16.5 Å². The van der Waals surface area contributed by atoms with Crippen molar-refractivity contribution in [2.75, 3.05) is 11.8 Å². The van der Waals surface area contributed by atoms with Gasteiger partial charge >= 0.3 is 5.97 Å². The number of carboxylic acid groups (broad SMARTS) is 1. The van der Waals surface area contributed by atoms with Crippen molar-refractivity contribution in [2.24, 2.45) is 0 Å². The second-order valence-electron chi connectivity index (χ2n) is 4.46. The van der Waals surface area contributed by atoms with Crippen LogP contribution in [-0.2, 0) is 17.8 Å². The van der Waals surface area contributed by atoms with E-state index in [9.17, 15) is 9.35 Å². The van der Waals surface area contributed by atoms with E-state index in [-0.39, 0.29) is 5.56 Å². The topological polar surface area (TPSA) is 94.5 Å². The highest BCUT2D eigenvalue weighted by molar-refractivity contribution is 7.92. The van der Waals surface area contributed by atoms with Crippen LogP contribution < -0.4 is 9.46 Å². The number of carboxylic acids is 1. The van der Waals surface area contributed by atoms with Crippen LogP contribution in [0.2, 0.25) is 0 Å². The van der Waals surface area contributed by atoms with Crippen LogP contribution in [0.4, 0.5) is 5.69 Å². The molecular formula is C15H16N2O4S. The first-order valence-electron chi connectivity index (χ1n) is 6.59. The van der Waals surface area contributed by atoms with Gasteiger partial charge in [-0.25, -0.2) is 9.78 Å². The molecule has 0 spiro atoms. The van der Waals surface area contributed by atoms with Crippen molar-refractivity contribution >= 4 is 23.0 Å². The largest absolute Gasteiger partial charge is 0.588 e. The first-order valence-corrected chi connectivity index (χ1v) is 7.74. The molecule has 1 heterocycles. The highest BCUT2D eigenvalue weighted by Crippen LogP contribution is 2.26. The van der Waals surface area contributed by atoms with Gasteiger partial charge in [-0.2, -0.15) is 4.72 Å². The lowest BCUT2D eigenvalue weighted by Gasteiger charge is -2.14. The lowest BCUT2D eigenvalue weighted by molar-refractivity contribution is 0.0696. The van der Waals surface area contributed by atoms with E-state index in [1.807, 2.05) is 13.0 Å². The van der Waals surface area contributed by atoms with Crippen molar-refractivity contribution in [1.82, 2.24) is 4.98 Å². The van der Waals surface area contributed by atoms with Gasteiger partial charge in [0.05, 0.1) is 12.7 Å². The van der Waals surface area contributed by atoms with Crippen molar-refractivity contribution < 1.29 is 19.2 Å². The van der Waals surface area contributed by atoms with Gasteiger partial charge in [0.25, 0.3) is 0 Å². The van der Waals surface area contributed by atoms with E-state index >= 15 is 0 Å². The highest BCUT2D eigenvalue weighted by atomic mass is 32.2. The number of rotatable bonds is 6. The van der Waals surface area contributed by atoms with Gasteiger partial charge in [0.2, 0.25) is 5.88 Å². The molecule has 0 fully saturated rings. The maximum Gasteiger partial charge on any atom is 0.335 e. The molecule has 1 aromatic carbocycles. The third-order valence-corrected chi connectivity index (χ3v) is 4.09. The summed E-state index contributed by atoms with van der Waals surface area (Å²) in [5.74, 6) is -0.731. The first-order chi connectivity index (χ1) is 10.5. The minimum atomic E-state index is -1.62. The van der Waals surface area contributed by atoms with Gasteiger partial charge in [0, 0.05) is 12.3 Å². The van der Waals surface area contributed by atoms with E-state index in [1.54, 1.807) is 18.3 Å². The number of aromatic carboxylic acids is 1. The lowest BCUT2D eigenvalue weighted by Crippen LogP contribution is -2.15. The van der Waals surface area contributed by atoms with Gasteiger partial charge in [-0.15, -0.1) is 0 Å². The maximum atomic E-state index is 12.4. The average Bonchev–Trinajstić information content (AvgIpc) is 2.54. The second-order valence-corrected chi connectivity index (χ2v) is 5.67. The zero-order valence-corrected chi connectivity index (χ0v) is 13.0. The molecule has 22 heavy (non-hydrogen) atoms. The molecule has 0 saturated carbocycles. The molecule has 0 saturated heterocycles. The quantitative estimate of drug-likeness (QED) is 0.794. The summed E-state index contributed by atoms with van der Waals surface area (Å²) in [6, 6.07) is 7.78. The number of hydrogen-bond donors (Lipinski definition) is 2. The van der Waals surface area contributed by atoms with Crippen molar-refractivity contribution in [3.05, 3.63) is 47.7 Å². The highest BCUT2D eigenvalue weighted by Gasteiger charge is 2.17. The van der Waals surface area contributed by atoms with Gasteiger partial charge in [-0.3, -0.25) is 0 Å². The van der Waals surface area contributed by atoms with Gasteiger partial charge in [-0.1, -0.05) is 13.0 Å². The van der Waals surface area contributed by atoms with Crippen molar-refractivity contribution in [1.29, 1.82) is 0 Å². The van der Waals surface area contributed by atoms with Crippen LogP contribution in [0.25, 0.3) is 0 Å². The molecule has 116 valence electrons. The normalized spacial score (nSPS) is 11.8. The molecule has 2 rings (SSSR count). The van der Waals surface area contributed by atoms with E-state index < -0.39 is 17.3 Å². The molecular weight excluding hydrogens is 304 g/mol. The van der Waals surface area contributed by atoms with Crippen LogP contribution in [0.3, 0.4) is 0 Å². The van der Waals surface area contributed by atoms with Gasteiger partial charge in [0.1, 0.15) is 17.0 Å². The zero-order valence-electron chi connectivity index (χ0n) is 12.2. The molecule has 1 aromatic heterocycles. The predicted octanol–water partition coefficient (Wildman–Crippen LogP) is 2.49. The van der Waals surface area contributed by atoms with E-state index in [2.05, 4.69) is 9.71 Å². The number of nitrogens with one attached hydrogen (secondary N) is 1. The second kappa shape index (κ2) is 7.15. The summed E-state index contributed by atoms with van der Waals surface area (Å²) >= 11 is -1.62. The SMILES string of the molecule is CCc1cnc(OC)c(N[S+]([O-])c2cccc(C(=O)O)c2)c1. The summed E-state index contributed by atoms with van der Waals surface area (Å²) in [5.41, 5.74) is 1.56. The molecule has 0 amide bonds. The fourth-order valence-electron chi connectivity index (χ4n) is 1.83. The van der Waals surface area contributed by atoms with Crippen LogP contribution in [0.1, 0.15) is 22.8 Å². The van der Waals surface area contributed by atoms with Gasteiger partial charge in [0.15, 0.2) is 4.90 Å². The Morgan fingerprint density at radius 3 is 2.86 bits per heavy atom. The monoisotopic (exact) mass is 320 g/mol. The Balaban J connectivity index is 2.26. The molecule has 1 unspecified atom stereocenters. The Morgan fingerprint density at radius 1 is 1.45 bits per heavy atom. The number of methoxy groups -OCH3 is 1. The van der Waals surface area contributed by atoms with E-state index in [4.69, 9.17) is 9.84 Å². The molecule has 0 aliphatic heterocycles. The first kappa shape index (κ1) is 16.1. The van der Waals surface area contributed by atoms with Crippen molar-refractivity contribution in [3.63, 3.8) is 0 Å². The molecule has 0 radical (unpaired) electrons. The minimum absolute atomic E-state index is 0.0834. The molecule has 0 aliphatic rings. The summed E-state index contributed by atoms with van der Waals surface area (Å²) in [5, 5.41) is 8.98. The van der Waals surface area contributed by atoms with Crippen LogP contribution in [-0.4, -0.2) is 27.7 Å². The fourth-order valence-corrected chi connectivity index (χ4v) is 2.73. The third-order valence-electron chi connectivity index (χ3n) is 3.01. The summed E-state index contributed by atoms with van der Waals surface area (Å²) in [6.45, 7) is 1.99. The molecule has 2 N–H and O–H groups in total. The Morgan fingerprint density at radius 2 is 2.23 bits per heavy atom. The molecule has 7 heteroatoms. The lowest BCUT2D eigenvalue weighted by atomic mass is 10.2. The number of aryl methyl sites for hydroxylation is 1. The maximum absolute atomic E-state index is 12.4. The predicted molar refractivity (Wildman–Crippen MR) is 83.6 cm³/mol. The van der Waals surface area contributed by atoms with Gasteiger partial charge in [-0.05, 0) is 30.2 Å². The number of ether oxygens (including phenoxy) is 1. The van der Waals surface area contributed by atoms with Crippen molar-refractivity contribution in [3.8, 4) is 5.88 Å². The Bertz CT molecular complexity index is 678. The molecule has 6 nitrogen and oxygen atoms in total. The zero-order chi connectivity index (χ0) is 16.1. The van der Waals surface area contributed by atoms with E-state index in [0.717, 1.165) is 12.0 Å². The minimum Gasteiger partial charge on any atom is -0.588 e. The molecule has 1 atom stereocenters. The fraction of sp³-hybridized carbons (Fsp3) is 0.200. The number of nitrogens with zero attached hydrogens (tertiary/aromatic N) is 1. The van der Waals surface area contributed by atoms with Crippen LogP contribution in [0, 0.1) is 0 Å². The number of hydrogen-bond acceptors (Lipinski definition) is 5. The number of pyridine rings is 1. The summed E-state index contributed by atoms with van der Waals surface area (Å²) in [6.07, 6.45) is 2.48. The summed E-state index contributed by atoms with van der Waals surface area (Å²) < 4.78 is 20.3. The van der Waals surface area contributed by atoms with Crippen molar-refractivity contribution in [2.45, 2.75) is 18.2 Å². The molecule has 2 aromatic rings. The van der Waals surface area contributed by atoms with Crippen LogP contribution in [0.5, 0.6) is 5.88 Å². The summed E-state index contributed by atoms with van der Waals surface area (Å²) in [4.78, 5) is 15.5. The number of benzene rings is 1. The van der Waals surface area contributed by atoms with Crippen LogP contribution in [0.15, 0.2) is 41.4 Å².